The fourth-order valence-electron chi connectivity index (χ4n) is 7.58. The highest BCUT2D eigenvalue weighted by Gasteiger charge is 2.53. The Balaban J connectivity index is 1.14. The van der Waals surface area contributed by atoms with Gasteiger partial charge in [0.15, 0.2) is 5.82 Å². The second-order valence-corrected chi connectivity index (χ2v) is 12.1. The van der Waals surface area contributed by atoms with Gasteiger partial charge in [-0.2, -0.15) is 0 Å². The van der Waals surface area contributed by atoms with Gasteiger partial charge in [0.05, 0.1) is 17.0 Å². The van der Waals surface area contributed by atoms with Gasteiger partial charge in [0.25, 0.3) is 5.56 Å². The van der Waals surface area contributed by atoms with Gasteiger partial charge in [-0.1, -0.05) is 26.0 Å². The minimum absolute atomic E-state index is 0.0741. The first-order valence-electron chi connectivity index (χ1n) is 13.5. The van der Waals surface area contributed by atoms with Crippen molar-refractivity contribution in [3.8, 4) is 0 Å². The molecule has 2 saturated heterocycles. The minimum Gasteiger partial charge on any atom is -0.481 e. The molecule has 5 aliphatic rings. The molecule has 0 amide bonds. The summed E-state index contributed by atoms with van der Waals surface area (Å²) in [5.41, 5.74) is 2.17. The number of carbonyl (C=O) groups is 1. The van der Waals surface area contributed by atoms with Crippen LogP contribution in [0.5, 0.6) is 0 Å². The van der Waals surface area contributed by atoms with Crippen molar-refractivity contribution in [2.75, 3.05) is 37.6 Å². The number of aliphatic carboxylic acids is 1. The summed E-state index contributed by atoms with van der Waals surface area (Å²) in [7, 11) is 0. The van der Waals surface area contributed by atoms with Gasteiger partial charge in [-0.25, -0.2) is 4.98 Å². The summed E-state index contributed by atoms with van der Waals surface area (Å²) >= 11 is 0. The summed E-state index contributed by atoms with van der Waals surface area (Å²) in [5.74, 6) is 1.95. The van der Waals surface area contributed by atoms with Crippen molar-refractivity contribution in [2.45, 2.75) is 58.4 Å². The molecule has 0 radical (unpaired) electrons. The molecular weight excluding hydrogens is 440 g/mol. The van der Waals surface area contributed by atoms with Crippen LogP contribution in [0.3, 0.4) is 0 Å². The minimum atomic E-state index is -0.802. The van der Waals surface area contributed by atoms with Crippen molar-refractivity contribution in [3.05, 3.63) is 34.6 Å². The number of fused-ring (bicyclic) bond motifs is 3. The molecule has 2 aromatic rings. The summed E-state index contributed by atoms with van der Waals surface area (Å²) in [4.78, 5) is 34.0. The van der Waals surface area contributed by atoms with Gasteiger partial charge >= 0.3 is 5.97 Å². The van der Waals surface area contributed by atoms with Crippen LogP contribution in [0.1, 0.15) is 58.4 Å². The number of benzene rings is 1. The lowest BCUT2D eigenvalue weighted by Gasteiger charge is -2.60. The Kier molecular flexibility index (Phi) is 5.66. The third kappa shape index (κ3) is 3.87. The van der Waals surface area contributed by atoms with Crippen LogP contribution in [0.4, 0.5) is 5.82 Å². The van der Waals surface area contributed by atoms with Crippen LogP contribution in [0.15, 0.2) is 29.1 Å². The predicted octanol–water partition coefficient (Wildman–Crippen LogP) is 4.02. The maximum atomic E-state index is 13.6. The standard InChI is InChI=1S/C28H38N4O3/c1-28(2)20-8-7-18(22(28)15-20)9-12-30-13-10-21(11-14-30)32-24-6-4-3-5-23(24)29-25(26(32)33)31-16-19(17-31)27(34)35/h3-6,18-22H,7-17H2,1-2H3,(H,34,35)/t18-,20-,22-/m0/s1. The second-order valence-electron chi connectivity index (χ2n) is 12.1. The lowest BCUT2D eigenvalue weighted by Crippen LogP contribution is -2.53. The number of anilines is 1. The van der Waals surface area contributed by atoms with E-state index in [9.17, 15) is 14.7 Å². The molecule has 3 atom stereocenters. The first-order chi connectivity index (χ1) is 16.8. The van der Waals surface area contributed by atoms with Gasteiger partial charge in [-0.3, -0.25) is 9.59 Å². The zero-order valence-corrected chi connectivity index (χ0v) is 21.0. The van der Waals surface area contributed by atoms with Gasteiger partial charge in [0.2, 0.25) is 0 Å². The molecule has 5 fully saturated rings. The van der Waals surface area contributed by atoms with Crippen LogP contribution in [0.2, 0.25) is 0 Å². The van der Waals surface area contributed by atoms with Gasteiger partial charge in [0.1, 0.15) is 0 Å². The number of carboxylic acids is 1. The molecule has 2 bridgehead atoms. The quantitative estimate of drug-likeness (QED) is 0.676. The molecule has 7 heteroatoms. The number of aromatic nitrogens is 2. The summed E-state index contributed by atoms with van der Waals surface area (Å²) in [5, 5.41) is 9.26. The number of likely N-dealkylation sites (tertiary alicyclic amines) is 1. The summed E-state index contributed by atoms with van der Waals surface area (Å²) in [6.07, 6.45) is 7.52. The van der Waals surface area contributed by atoms with E-state index in [0.29, 0.717) is 24.3 Å². The number of rotatable bonds is 6. The Labute approximate surface area is 207 Å². The maximum absolute atomic E-state index is 13.6. The molecular formula is C28H38N4O3. The molecule has 2 aliphatic heterocycles. The van der Waals surface area contributed by atoms with E-state index < -0.39 is 11.9 Å². The smallest absolute Gasteiger partial charge is 0.310 e. The molecule has 3 heterocycles. The van der Waals surface area contributed by atoms with Crippen LogP contribution in [0, 0.1) is 29.1 Å². The first kappa shape index (κ1) is 23.0. The third-order valence-corrected chi connectivity index (χ3v) is 10.0. The second kappa shape index (κ2) is 8.61. The van der Waals surface area contributed by atoms with E-state index in [1.54, 1.807) is 0 Å². The zero-order valence-electron chi connectivity index (χ0n) is 21.0. The van der Waals surface area contributed by atoms with E-state index in [1.165, 1.54) is 32.2 Å². The van der Waals surface area contributed by atoms with Gasteiger partial charge in [-0.15, -0.1) is 0 Å². The van der Waals surface area contributed by atoms with Crippen molar-refractivity contribution >= 4 is 22.8 Å². The SMILES string of the molecule is CC1(C)[C@H]2CC[C@@H](CCN3CCC(n4c(=O)c(N5CC(C(=O)O)C5)nc5ccccc54)CC3)[C@@H]1C2. The summed E-state index contributed by atoms with van der Waals surface area (Å²) in [6.45, 7) is 8.90. The van der Waals surface area contributed by atoms with E-state index in [-0.39, 0.29) is 11.6 Å². The lowest BCUT2D eigenvalue weighted by molar-refractivity contribution is -0.142. The molecule has 0 spiro atoms. The highest BCUT2D eigenvalue weighted by Crippen LogP contribution is 2.62. The summed E-state index contributed by atoms with van der Waals surface area (Å²) < 4.78 is 1.96. The normalized spacial score (nSPS) is 29.1. The summed E-state index contributed by atoms with van der Waals surface area (Å²) in [6, 6.07) is 8.02. The highest BCUT2D eigenvalue weighted by molar-refractivity contribution is 5.78. The Bertz CT molecular complexity index is 1170. The predicted molar refractivity (Wildman–Crippen MR) is 137 cm³/mol. The molecule has 0 unspecified atom stereocenters. The Hall–Kier alpha value is -2.41. The van der Waals surface area contributed by atoms with Crippen LogP contribution in [-0.2, 0) is 4.79 Å². The van der Waals surface area contributed by atoms with Crippen molar-refractivity contribution in [1.82, 2.24) is 14.5 Å². The third-order valence-electron chi connectivity index (χ3n) is 10.0. The van der Waals surface area contributed by atoms with Gasteiger partial charge in [-0.05, 0) is 80.4 Å². The number of piperidine rings is 1. The van der Waals surface area contributed by atoms with E-state index in [4.69, 9.17) is 0 Å². The fourth-order valence-corrected chi connectivity index (χ4v) is 7.58. The Morgan fingerprint density at radius 2 is 1.86 bits per heavy atom. The molecule has 188 valence electrons. The van der Waals surface area contributed by atoms with E-state index in [0.717, 1.165) is 54.7 Å². The molecule has 3 saturated carbocycles. The first-order valence-corrected chi connectivity index (χ1v) is 13.5. The number of para-hydroxylation sites is 2. The molecule has 1 aromatic carbocycles. The van der Waals surface area contributed by atoms with Crippen molar-refractivity contribution in [1.29, 1.82) is 0 Å². The monoisotopic (exact) mass is 478 g/mol. The number of nitrogens with zero attached hydrogens (tertiary/aromatic N) is 4. The Morgan fingerprint density at radius 1 is 1.11 bits per heavy atom. The van der Waals surface area contributed by atoms with Crippen LogP contribution in [0.25, 0.3) is 11.0 Å². The lowest BCUT2D eigenvalue weighted by atomic mass is 9.45. The molecule has 1 aromatic heterocycles. The van der Waals surface area contributed by atoms with Crippen molar-refractivity contribution < 1.29 is 9.90 Å². The zero-order chi connectivity index (χ0) is 24.3. The van der Waals surface area contributed by atoms with Crippen LogP contribution >= 0.6 is 0 Å². The van der Waals surface area contributed by atoms with Crippen molar-refractivity contribution in [2.24, 2.45) is 29.1 Å². The average molecular weight is 479 g/mol. The largest absolute Gasteiger partial charge is 0.481 e. The van der Waals surface area contributed by atoms with Gasteiger partial charge in [0, 0.05) is 32.2 Å². The molecule has 7 nitrogen and oxygen atoms in total. The van der Waals surface area contributed by atoms with Crippen LogP contribution in [-0.4, -0.2) is 58.3 Å². The molecule has 35 heavy (non-hydrogen) atoms. The van der Waals surface area contributed by atoms with E-state index in [1.807, 2.05) is 33.7 Å². The maximum Gasteiger partial charge on any atom is 0.310 e. The van der Waals surface area contributed by atoms with E-state index >= 15 is 0 Å². The topological polar surface area (TPSA) is 78.7 Å². The highest BCUT2D eigenvalue weighted by atomic mass is 16.4. The van der Waals surface area contributed by atoms with E-state index in [2.05, 4.69) is 23.7 Å². The Morgan fingerprint density at radius 3 is 2.54 bits per heavy atom. The number of hydrogen-bond acceptors (Lipinski definition) is 5. The van der Waals surface area contributed by atoms with Crippen LogP contribution < -0.4 is 10.5 Å². The number of carboxylic acid groups (broad SMARTS) is 1. The molecule has 3 aliphatic carbocycles. The molecule has 7 rings (SSSR count). The number of hydrogen-bond donors (Lipinski definition) is 1. The average Bonchev–Trinajstić information content (AvgIpc) is 2.82. The fraction of sp³-hybridized carbons (Fsp3) is 0.679. The van der Waals surface area contributed by atoms with Gasteiger partial charge < -0.3 is 19.5 Å². The van der Waals surface area contributed by atoms with Crippen molar-refractivity contribution in [3.63, 3.8) is 0 Å². The molecule has 1 N–H and O–H groups in total.